The molecule has 0 aliphatic carbocycles. The second-order valence-electron chi connectivity index (χ2n) is 10.6. The summed E-state index contributed by atoms with van der Waals surface area (Å²) >= 11 is 0. The number of rotatable bonds is 12. The first-order valence-corrected chi connectivity index (χ1v) is 16.0. The third kappa shape index (κ3) is 8.03. The smallest absolute Gasteiger partial charge is 0.244 e. The zero-order valence-corrected chi connectivity index (χ0v) is 25.4. The number of carbonyl (C=O) groups is 2. The zero-order chi connectivity index (χ0) is 30.3. The third-order valence-electron chi connectivity index (χ3n) is 7.20. The molecule has 0 unspecified atom stereocenters. The first-order chi connectivity index (χ1) is 20.0. The number of carbonyl (C=O) groups excluding carboxylic acids is 2. The molecule has 1 N–H and O–H groups in total. The Bertz CT molecular complexity index is 1500. The van der Waals surface area contributed by atoms with Crippen LogP contribution in [0.3, 0.4) is 0 Å². The predicted molar refractivity (Wildman–Crippen MR) is 163 cm³/mol. The van der Waals surface area contributed by atoms with Crippen LogP contribution in [0.25, 0.3) is 0 Å². The summed E-state index contributed by atoms with van der Waals surface area (Å²) in [5.41, 5.74) is 3.01. The molecule has 10 heteroatoms. The van der Waals surface area contributed by atoms with Gasteiger partial charge >= 0.3 is 0 Å². The number of aryl methyl sites for hydroxylation is 1. The van der Waals surface area contributed by atoms with Gasteiger partial charge in [-0.05, 0) is 43.5 Å². The molecule has 0 saturated carbocycles. The standard InChI is InChI=1S/C32H39N3O6S/c1-5-24(3)33-32(37)28(19-25-11-7-6-8-12-25)34(21-26-13-9-10-23(2)18-26)31(36)22-35(42(4,38)39)27-14-15-29-30(20-27)41-17-16-40-29/h6-15,18,20,24,28H,5,16-17,19,21-22H2,1-4H3,(H,33,37)/t24-,28-/m0/s1. The monoisotopic (exact) mass is 593 g/mol. The Morgan fingerprint density at radius 2 is 1.62 bits per heavy atom. The second kappa shape index (κ2) is 13.7. The lowest BCUT2D eigenvalue weighted by molar-refractivity contribution is -0.140. The van der Waals surface area contributed by atoms with Crippen molar-refractivity contribution in [3.05, 3.63) is 89.5 Å². The molecule has 0 bridgehead atoms. The van der Waals surface area contributed by atoms with Gasteiger partial charge in [0.15, 0.2) is 11.5 Å². The highest BCUT2D eigenvalue weighted by atomic mass is 32.2. The summed E-state index contributed by atoms with van der Waals surface area (Å²) in [7, 11) is -3.89. The molecular weight excluding hydrogens is 554 g/mol. The number of anilines is 1. The quantitative estimate of drug-likeness (QED) is 0.339. The summed E-state index contributed by atoms with van der Waals surface area (Å²) in [5, 5.41) is 3.04. The molecule has 3 aromatic rings. The fraction of sp³-hybridized carbons (Fsp3) is 0.375. The lowest BCUT2D eigenvalue weighted by Crippen LogP contribution is -2.54. The number of hydrogen-bond donors (Lipinski definition) is 1. The van der Waals surface area contributed by atoms with Gasteiger partial charge in [0.25, 0.3) is 0 Å². The van der Waals surface area contributed by atoms with Gasteiger partial charge in [-0.2, -0.15) is 0 Å². The Morgan fingerprint density at radius 3 is 2.29 bits per heavy atom. The van der Waals surface area contributed by atoms with Crippen LogP contribution in [0.1, 0.15) is 37.0 Å². The number of nitrogens with one attached hydrogen (secondary N) is 1. The van der Waals surface area contributed by atoms with E-state index in [1.807, 2.05) is 75.4 Å². The Hall–Kier alpha value is -4.05. The Kier molecular flexibility index (Phi) is 10.1. The zero-order valence-electron chi connectivity index (χ0n) is 24.6. The van der Waals surface area contributed by atoms with Gasteiger partial charge in [-0.15, -0.1) is 0 Å². The Balaban J connectivity index is 1.73. The van der Waals surface area contributed by atoms with Crippen molar-refractivity contribution in [3.63, 3.8) is 0 Å². The van der Waals surface area contributed by atoms with Crippen molar-refractivity contribution < 1.29 is 27.5 Å². The molecule has 2 amide bonds. The van der Waals surface area contributed by atoms with E-state index < -0.39 is 28.5 Å². The number of sulfonamides is 1. The van der Waals surface area contributed by atoms with Crippen LogP contribution in [-0.4, -0.2) is 63.2 Å². The molecule has 2 atom stereocenters. The molecule has 4 rings (SSSR count). The number of hydrogen-bond acceptors (Lipinski definition) is 6. The predicted octanol–water partition coefficient (Wildman–Crippen LogP) is 4.09. The number of nitrogens with zero attached hydrogens (tertiary/aromatic N) is 2. The van der Waals surface area contributed by atoms with Crippen molar-refractivity contribution in [2.24, 2.45) is 0 Å². The van der Waals surface area contributed by atoms with Gasteiger partial charge in [-0.1, -0.05) is 67.1 Å². The van der Waals surface area contributed by atoms with Gasteiger partial charge in [0.05, 0.1) is 11.9 Å². The van der Waals surface area contributed by atoms with E-state index in [-0.39, 0.29) is 30.6 Å². The van der Waals surface area contributed by atoms with Crippen molar-refractivity contribution in [3.8, 4) is 11.5 Å². The largest absolute Gasteiger partial charge is 0.486 e. The van der Waals surface area contributed by atoms with Crippen LogP contribution in [0.15, 0.2) is 72.8 Å². The number of ether oxygens (including phenoxy) is 2. The Morgan fingerprint density at radius 1 is 0.929 bits per heavy atom. The van der Waals surface area contributed by atoms with E-state index in [0.29, 0.717) is 24.7 Å². The van der Waals surface area contributed by atoms with E-state index in [0.717, 1.165) is 33.7 Å². The van der Waals surface area contributed by atoms with Crippen molar-refractivity contribution in [1.82, 2.24) is 10.2 Å². The van der Waals surface area contributed by atoms with Gasteiger partial charge in [0.2, 0.25) is 21.8 Å². The first kappa shape index (κ1) is 30.9. The van der Waals surface area contributed by atoms with Gasteiger partial charge in [-0.25, -0.2) is 8.42 Å². The minimum absolute atomic E-state index is 0.100. The SMILES string of the molecule is CC[C@H](C)NC(=O)[C@H](Cc1ccccc1)N(Cc1cccc(C)c1)C(=O)CN(c1ccc2c(c1)OCCO2)S(C)(=O)=O. The molecule has 0 fully saturated rings. The minimum Gasteiger partial charge on any atom is -0.486 e. The van der Waals surface area contributed by atoms with Crippen molar-refractivity contribution in [1.29, 1.82) is 0 Å². The molecule has 224 valence electrons. The lowest BCUT2D eigenvalue weighted by Gasteiger charge is -2.34. The van der Waals surface area contributed by atoms with Gasteiger partial charge in [0.1, 0.15) is 25.8 Å². The van der Waals surface area contributed by atoms with E-state index in [9.17, 15) is 18.0 Å². The molecule has 9 nitrogen and oxygen atoms in total. The fourth-order valence-electron chi connectivity index (χ4n) is 4.80. The highest BCUT2D eigenvalue weighted by molar-refractivity contribution is 7.92. The van der Waals surface area contributed by atoms with Crippen LogP contribution in [0.5, 0.6) is 11.5 Å². The highest BCUT2D eigenvalue weighted by Gasteiger charge is 2.33. The van der Waals surface area contributed by atoms with E-state index in [2.05, 4.69) is 5.32 Å². The Labute approximate surface area is 248 Å². The molecule has 0 radical (unpaired) electrons. The second-order valence-corrected chi connectivity index (χ2v) is 12.5. The summed E-state index contributed by atoms with van der Waals surface area (Å²) in [6.45, 7) is 6.22. The summed E-state index contributed by atoms with van der Waals surface area (Å²) < 4.78 is 38.4. The topological polar surface area (TPSA) is 105 Å². The van der Waals surface area contributed by atoms with E-state index in [1.54, 1.807) is 18.2 Å². The summed E-state index contributed by atoms with van der Waals surface area (Å²) in [5.74, 6) is 0.123. The van der Waals surface area contributed by atoms with E-state index >= 15 is 0 Å². The summed E-state index contributed by atoms with van der Waals surface area (Å²) in [6, 6.07) is 21.0. The van der Waals surface area contributed by atoms with Crippen molar-refractivity contribution in [2.75, 3.05) is 30.3 Å². The van der Waals surface area contributed by atoms with Crippen molar-refractivity contribution in [2.45, 2.75) is 52.2 Å². The van der Waals surface area contributed by atoms with Gasteiger partial charge in [0, 0.05) is 25.1 Å². The van der Waals surface area contributed by atoms with Crippen LogP contribution in [0, 0.1) is 6.92 Å². The molecule has 0 spiro atoms. The molecule has 1 aliphatic rings. The fourth-order valence-corrected chi connectivity index (χ4v) is 5.64. The average molecular weight is 594 g/mol. The van der Waals surface area contributed by atoms with Crippen LogP contribution in [0.4, 0.5) is 5.69 Å². The number of benzene rings is 3. The van der Waals surface area contributed by atoms with Crippen LogP contribution in [-0.2, 0) is 32.6 Å². The van der Waals surface area contributed by atoms with Gasteiger partial charge in [-0.3, -0.25) is 13.9 Å². The van der Waals surface area contributed by atoms with E-state index in [4.69, 9.17) is 9.47 Å². The van der Waals surface area contributed by atoms with Crippen LogP contribution >= 0.6 is 0 Å². The summed E-state index contributed by atoms with van der Waals surface area (Å²) in [6.07, 6.45) is 2.05. The van der Waals surface area contributed by atoms with Gasteiger partial charge < -0.3 is 19.7 Å². The molecule has 1 heterocycles. The lowest BCUT2D eigenvalue weighted by atomic mass is 10.0. The number of fused-ring (bicyclic) bond motifs is 1. The molecule has 0 aromatic heterocycles. The summed E-state index contributed by atoms with van der Waals surface area (Å²) in [4.78, 5) is 29.5. The maximum absolute atomic E-state index is 14.2. The molecular formula is C32H39N3O6S. The highest BCUT2D eigenvalue weighted by Crippen LogP contribution is 2.34. The average Bonchev–Trinajstić information content (AvgIpc) is 2.97. The number of amides is 2. The van der Waals surface area contributed by atoms with Crippen LogP contribution in [0.2, 0.25) is 0 Å². The molecule has 0 saturated heterocycles. The molecule has 1 aliphatic heterocycles. The molecule has 3 aromatic carbocycles. The first-order valence-electron chi connectivity index (χ1n) is 14.1. The molecule has 42 heavy (non-hydrogen) atoms. The minimum atomic E-state index is -3.89. The van der Waals surface area contributed by atoms with E-state index in [1.165, 1.54) is 4.90 Å². The third-order valence-corrected chi connectivity index (χ3v) is 8.34. The maximum atomic E-state index is 14.2. The van der Waals surface area contributed by atoms with Crippen LogP contribution < -0.4 is 19.1 Å². The maximum Gasteiger partial charge on any atom is 0.244 e. The normalized spacial score (nSPS) is 14.0. The van der Waals surface area contributed by atoms with Crippen molar-refractivity contribution >= 4 is 27.5 Å².